The molecule has 0 aromatic heterocycles. The van der Waals surface area contributed by atoms with Crippen LogP contribution in [-0.2, 0) is 34.0 Å². The van der Waals surface area contributed by atoms with E-state index >= 15 is 0 Å². The molecule has 1 rings (SSSR count). The molecule has 9 nitrogen and oxygen atoms in total. The Morgan fingerprint density at radius 2 is 1.77 bits per heavy atom. The zero-order chi connectivity index (χ0) is 21.2. The first-order chi connectivity index (χ1) is 13.1. The molecule has 0 spiro atoms. The number of rotatable bonds is 12. The lowest BCUT2D eigenvalue weighted by molar-refractivity contribution is -0.156. The second-order valence-corrected chi connectivity index (χ2v) is 7.70. The van der Waals surface area contributed by atoms with Gasteiger partial charge in [0, 0.05) is 26.0 Å². The molecule has 2 atom stereocenters. The molecule has 2 unspecified atom stereocenters. The maximum atomic E-state index is 12.2. The van der Waals surface area contributed by atoms with Crippen molar-refractivity contribution in [2.45, 2.75) is 33.3 Å². The van der Waals surface area contributed by atoms with Gasteiger partial charge in [-0.2, -0.15) is 8.42 Å². The smallest absolute Gasteiger partial charge is 0.339 e. The van der Waals surface area contributed by atoms with Crippen LogP contribution in [0.2, 0.25) is 0 Å². The number of amides is 1. The molecule has 30 heavy (non-hydrogen) atoms. The maximum Gasteiger partial charge on any atom is 0.339 e. The number of halogens is 1. The largest absolute Gasteiger partial charge is 0.463 e. The van der Waals surface area contributed by atoms with Crippen LogP contribution in [0.25, 0.3) is 0 Å². The summed E-state index contributed by atoms with van der Waals surface area (Å²) >= 11 is 0. The zero-order valence-corrected chi connectivity index (χ0v) is 17.0. The van der Waals surface area contributed by atoms with E-state index in [2.05, 4.69) is 5.32 Å². The highest BCUT2D eigenvalue weighted by atomic mass is 32.2. The minimum absolute atomic E-state index is 0. The van der Waals surface area contributed by atoms with Crippen LogP contribution >= 0.6 is 0 Å². The van der Waals surface area contributed by atoms with Crippen molar-refractivity contribution in [2.24, 2.45) is 5.92 Å². The van der Waals surface area contributed by atoms with E-state index in [1.54, 1.807) is 30.3 Å². The summed E-state index contributed by atoms with van der Waals surface area (Å²) in [7, 11) is -2.79. The monoisotopic (exact) mass is 451 g/mol. The number of Topliss-reactive ketones (excluding diaryl/α,β-unsaturated/α-hetero) is 1. The minimum atomic E-state index is -4.17. The molecule has 0 radical (unpaired) electrons. The number of ether oxygens (including phenoxy) is 2. The SMILES string of the molecule is C.COC(C(=O)OCCC(CC(=O)NCCS(=O)(=O)O)C(C)=O)c1ccccc1.F. The van der Waals surface area contributed by atoms with Crippen LogP contribution < -0.4 is 5.32 Å². The van der Waals surface area contributed by atoms with Crippen molar-refractivity contribution in [3.8, 4) is 0 Å². The van der Waals surface area contributed by atoms with Crippen molar-refractivity contribution in [1.82, 2.24) is 5.32 Å². The lowest BCUT2D eigenvalue weighted by atomic mass is 9.97. The number of carbonyl (C=O) groups is 3. The normalized spacial score (nSPS) is 12.5. The van der Waals surface area contributed by atoms with Gasteiger partial charge < -0.3 is 14.8 Å². The number of hydrogen-bond acceptors (Lipinski definition) is 7. The zero-order valence-electron chi connectivity index (χ0n) is 16.2. The standard InChI is InChI=1S/C18H25NO8S.CH4.FH/c1-13(20)15(12-16(21)19-9-11-28(23,24)25)8-10-27-18(22)17(26-2)14-6-4-3-5-7-14;;/h3-7,15,17H,8-12H2,1-2H3,(H,19,21)(H,23,24,25);1H4;1H. The topological polar surface area (TPSA) is 136 Å². The average Bonchev–Trinajstić information content (AvgIpc) is 2.61. The van der Waals surface area contributed by atoms with Gasteiger partial charge in [-0.1, -0.05) is 37.8 Å². The molecular formula is C19H30FNO8S. The van der Waals surface area contributed by atoms with E-state index in [0.717, 1.165) is 0 Å². The summed E-state index contributed by atoms with van der Waals surface area (Å²) in [5, 5.41) is 2.31. The average molecular weight is 452 g/mol. The molecule has 0 saturated heterocycles. The fraction of sp³-hybridized carbons (Fsp3) is 0.526. The van der Waals surface area contributed by atoms with E-state index in [0.29, 0.717) is 5.56 Å². The third-order valence-electron chi connectivity index (χ3n) is 3.95. The number of ketones is 1. The fourth-order valence-corrected chi connectivity index (χ4v) is 2.80. The molecule has 0 aliphatic heterocycles. The van der Waals surface area contributed by atoms with Gasteiger partial charge in [0.2, 0.25) is 5.91 Å². The Labute approximate surface area is 176 Å². The molecule has 1 aromatic carbocycles. The van der Waals surface area contributed by atoms with Crippen molar-refractivity contribution in [3.05, 3.63) is 35.9 Å². The van der Waals surface area contributed by atoms with E-state index in [9.17, 15) is 22.8 Å². The molecule has 0 bridgehead atoms. The molecule has 1 aromatic rings. The van der Waals surface area contributed by atoms with Crippen molar-refractivity contribution in [3.63, 3.8) is 0 Å². The first-order valence-electron chi connectivity index (χ1n) is 8.60. The van der Waals surface area contributed by atoms with Crippen LogP contribution in [-0.4, -0.2) is 56.6 Å². The van der Waals surface area contributed by atoms with Gasteiger partial charge in [0.05, 0.1) is 12.4 Å². The van der Waals surface area contributed by atoms with Crippen molar-refractivity contribution in [1.29, 1.82) is 0 Å². The first kappa shape index (κ1) is 29.8. The second-order valence-electron chi connectivity index (χ2n) is 6.13. The van der Waals surface area contributed by atoms with Gasteiger partial charge in [-0.25, -0.2) is 4.79 Å². The highest BCUT2D eigenvalue weighted by Gasteiger charge is 2.23. The first-order valence-corrected chi connectivity index (χ1v) is 10.2. The summed E-state index contributed by atoms with van der Waals surface area (Å²) in [5.74, 6) is -2.69. The van der Waals surface area contributed by atoms with Gasteiger partial charge in [0.25, 0.3) is 10.1 Å². The Balaban J connectivity index is 0. The number of carbonyl (C=O) groups excluding carboxylic acids is 3. The fourth-order valence-electron chi connectivity index (χ4n) is 2.44. The van der Waals surface area contributed by atoms with Crippen LogP contribution in [0.15, 0.2) is 30.3 Å². The van der Waals surface area contributed by atoms with Crippen molar-refractivity contribution >= 4 is 27.8 Å². The summed E-state index contributed by atoms with van der Waals surface area (Å²) in [6, 6.07) is 8.79. The quantitative estimate of drug-likeness (QED) is 0.362. The van der Waals surface area contributed by atoms with Gasteiger partial charge in [-0.15, -0.1) is 0 Å². The maximum absolute atomic E-state index is 12.2. The number of hydrogen-bond donors (Lipinski definition) is 2. The summed E-state index contributed by atoms with van der Waals surface area (Å²) in [5.41, 5.74) is 0.635. The molecule has 11 heteroatoms. The number of nitrogens with one attached hydrogen (secondary N) is 1. The molecule has 172 valence electrons. The van der Waals surface area contributed by atoms with Crippen LogP contribution in [0.5, 0.6) is 0 Å². The number of methoxy groups -OCH3 is 1. The van der Waals surface area contributed by atoms with Crippen LogP contribution in [0.4, 0.5) is 4.70 Å². The van der Waals surface area contributed by atoms with Crippen molar-refractivity contribution < 1.29 is 41.5 Å². The Morgan fingerprint density at radius 1 is 1.17 bits per heavy atom. The molecule has 0 aliphatic rings. The summed E-state index contributed by atoms with van der Waals surface area (Å²) in [6.45, 7) is 0.984. The highest BCUT2D eigenvalue weighted by molar-refractivity contribution is 7.85. The summed E-state index contributed by atoms with van der Waals surface area (Å²) in [6.07, 6.45) is -0.927. The number of benzene rings is 1. The van der Waals surface area contributed by atoms with E-state index in [4.69, 9.17) is 14.0 Å². The molecule has 0 heterocycles. The third kappa shape index (κ3) is 11.6. The third-order valence-corrected chi connectivity index (χ3v) is 4.67. The second kappa shape index (κ2) is 14.6. The van der Waals surface area contributed by atoms with E-state index in [1.807, 2.05) is 0 Å². The van der Waals surface area contributed by atoms with E-state index in [1.165, 1.54) is 14.0 Å². The predicted octanol–water partition coefficient (Wildman–Crippen LogP) is 1.70. The minimum Gasteiger partial charge on any atom is -0.463 e. The molecule has 0 fully saturated rings. The predicted molar refractivity (Wildman–Crippen MR) is 109 cm³/mol. The van der Waals surface area contributed by atoms with E-state index in [-0.39, 0.29) is 43.9 Å². The van der Waals surface area contributed by atoms with Gasteiger partial charge in [-0.3, -0.25) is 18.8 Å². The highest BCUT2D eigenvalue weighted by Crippen LogP contribution is 2.18. The number of esters is 1. The van der Waals surface area contributed by atoms with Gasteiger partial charge >= 0.3 is 5.97 Å². The Kier molecular flexibility index (Phi) is 14.5. The van der Waals surface area contributed by atoms with Crippen LogP contribution in [0.1, 0.15) is 38.9 Å². The molecule has 0 aliphatic carbocycles. The summed E-state index contributed by atoms with van der Waals surface area (Å²) < 4.78 is 40.2. The Hall–Kier alpha value is -2.37. The lowest BCUT2D eigenvalue weighted by Crippen LogP contribution is -2.32. The van der Waals surface area contributed by atoms with E-state index < -0.39 is 39.8 Å². The van der Waals surface area contributed by atoms with Gasteiger partial charge in [-0.05, 0) is 18.9 Å². The molecular weight excluding hydrogens is 421 g/mol. The summed E-state index contributed by atoms with van der Waals surface area (Å²) in [4.78, 5) is 35.7. The van der Waals surface area contributed by atoms with Crippen LogP contribution in [0, 0.1) is 5.92 Å². The molecule has 2 N–H and O–H groups in total. The molecule has 1 amide bonds. The Morgan fingerprint density at radius 3 is 2.27 bits per heavy atom. The van der Waals surface area contributed by atoms with Gasteiger partial charge in [0.15, 0.2) is 6.10 Å². The lowest BCUT2D eigenvalue weighted by Gasteiger charge is -2.17. The molecule has 0 saturated carbocycles. The van der Waals surface area contributed by atoms with Gasteiger partial charge in [0.1, 0.15) is 5.78 Å². The van der Waals surface area contributed by atoms with Crippen molar-refractivity contribution in [2.75, 3.05) is 26.0 Å². The van der Waals surface area contributed by atoms with Crippen LogP contribution in [0.3, 0.4) is 0 Å². The Bertz CT molecular complexity index is 770.